The molecule has 1 aliphatic heterocycles. The molecule has 0 fully saturated rings. The molecular weight excluding hydrogens is 494 g/mol. The van der Waals surface area contributed by atoms with E-state index in [1.54, 1.807) is 14.2 Å². The highest BCUT2D eigenvalue weighted by Crippen LogP contribution is 2.53. The molecule has 6 rings (SSSR count). The zero-order chi connectivity index (χ0) is 25.8. The van der Waals surface area contributed by atoms with Crippen LogP contribution in [0.1, 0.15) is 30.0 Å². The summed E-state index contributed by atoms with van der Waals surface area (Å²) in [5, 5.41) is 19.0. The van der Waals surface area contributed by atoms with Crippen LogP contribution in [0.15, 0.2) is 34.9 Å². The Morgan fingerprint density at radius 3 is 2.46 bits per heavy atom. The van der Waals surface area contributed by atoms with Crippen LogP contribution in [0.2, 0.25) is 5.02 Å². The zero-order valence-corrected chi connectivity index (χ0v) is 21.7. The van der Waals surface area contributed by atoms with E-state index in [2.05, 4.69) is 49.2 Å². The Balaban J connectivity index is 1.65. The van der Waals surface area contributed by atoms with E-state index in [-0.39, 0.29) is 6.04 Å². The van der Waals surface area contributed by atoms with Crippen molar-refractivity contribution < 1.29 is 14.0 Å². The smallest absolute Gasteiger partial charge is 0.260 e. The van der Waals surface area contributed by atoms with Crippen LogP contribution in [0.3, 0.4) is 0 Å². The van der Waals surface area contributed by atoms with Crippen LogP contribution < -0.4 is 9.47 Å². The lowest BCUT2D eigenvalue weighted by Gasteiger charge is -2.29. The fourth-order valence-corrected chi connectivity index (χ4v) is 5.69. The predicted molar refractivity (Wildman–Crippen MR) is 138 cm³/mol. The lowest BCUT2D eigenvalue weighted by atomic mass is 9.90. The molecule has 0 aliphatic carbocycles. The van der Waals surface area contributed by atoms with Gasteiger partial charge in [0, 0.05) is 28.4 Å². The van der Waals surface area contributed by atoms with Gasteiger partial charge in [0.1, 0.15) is 0 Å². The monoisotopic (exact) mass is 517 g/mol. The molecule has 0 radical (unpaired) electrons. The first-order chi connectivity index (χ1) is 17.9. The van der Waals surface area contributed by atoms with Crippen LogP contribution >= 0.6 is 11.6 Å². The topological polar surface area (TPSA) is 117 Å². The number of tetrazole rings is 1. The van der Waals surface area contributed by atoms with Gasteiger partial charge in [0.15, 0.2) is 17.3 Å². The van der Waals surface area contributed by atoms with E-state index in [0.717, 1.165) is 51.2 Å². The highest BCUT2D eigenvalue weighted by Gasteiger charge is 2.35. The first-order valence-electron chi connectivity index (χ1n) is 11.8. The van der Waals surface area contributed by atoms with Crippen molar-refractivity contribution in [3.05, 3.63) is 52.4 Å². The number of fused-ring (bicyclic) bond motifs is 3. The number of hydrogen-bond donors (Lipinski definition) is 1. The molecule has 1 unspecified atom stereocenters. The van der Waals surface area contributed by atoms with E-state index in [1.165, 1.54) is 0 Å². The summed E-state index contributed by atoms with van der Waals surface area (Å²) >= 11 is 6.89. The van der Waals surface area contributed by atoms with Crippen molar-refractivity contribution in [1.82, 2.24) is 35.3 Å². The van der Waals surface area contributed by atoms with E-state index < -0.39 is 0 Å². The van der Waals surface area contributed by atoms with Gasteiger partial charge >= 0.3 is 0 Å². The van der Waals surface area contributed by atoms with Gasteiger partial charge in [0.25, 0.3) is 5.89 Å². The van der Waals surface area contributed by atoms with E-state index in [1.807, 2.05) is 37.3 Å². The van der Waals surface area contributed by atoms with Crippen LogP contribution in [0.25, 0.3) is 45.2 Å². The van der Waals surface area contributed by atoms with Gasteiger partial charge in [-0.25, -0.2) is 0 Å². The molecule has 37 heavy (non-hydrogen) atoms. The molecular formula is C26H24ClN7O3. The van der Waals surface area contributed by atoms with Crippen molar-refractivity contribution in [2.24, 2.45) is 0 Å². The first-order valence-corrected chi connectivity index (χ1v) is 12.1. The van der Waals surface area contributed by atoms with Crippen LogP contribution in [0.5, 0.6) is 11.5 Å². The Morgan fingerprint density at radius 1 is 1.08 bits per heavy atom. The normalized spacial score (nSPS) is 14.4. The van der Waals surface area contributed by atoms with Crippen LogP contribution in [0, 0.1) is 13.8 Å². The van der Waals surface area contributed by atoms with Gasteiger partial charge in [-0.05, 0) is 49.6 Å². The van der Waals surface area contributed by atoms with Gasteiger partial charge in [-0.15, -0.1) is 10.2 Å². The third-order valence-corrected chi connectivity index (χ3v) is 7.28. The maximum absolute atomic E-state index is 6.89. The third-order valence-electron chi connectivity index (χ3n) is 6.88. The minimum Gasteiger partial charge on any atom is -0.493 e. The Morgan fingerprint density at radius 2 is 1.84 bits per heavy atom. The minimum atomic E-state index is 0.119. The second-order valence-corrected chi connectivity index (χ2v) is 9.40. The number of aromatic nitrogens is 7. The molecule has 0 amide bonds. The summed E-state index contributed by atoms with van der Waals surface area (Å²) in [7, 11) is 3.20. The van der Waals surface area contributed by atoms with Crippen LogP contribution in [-0.4, -0.2) is 49.6 Å². The number of hydrogen-bond acceptors (Lipinski definition) is 8. The number of methoxy groups -OCH3 is 2. The highest BCUT2D eigenvalue weighted by molar-refractivity contribution is 6.33. The Kier molecular flexibility index (Phi) is 5.49. The molecule has 0 saturated heterocycles. The molecule has 5 aromatic rings. The average molecular weight is 518 g/mol. The van der Waals surface area contributed by atoms with E-state index in [4.69, 9.17) is 25.6 Å². The maximum Gasteiger partial charge on any atom is 0.260 e. The maximum atomic E-state index is 6.89. The summed E-state index contributed by atoms with van der Waals surface area (Å²) in [5.41, 5.74) is 7.68. The summed E-state index contributed by atoms with van der Waals surface area (Å²) in [6, 6.07) is 10.1. The van der Waals surface area contributed by atoms with E-state index >= 15 is 0 Å². The van der Waals surface area contributed by atoms with Gasteiger partial charge in [-0.2, -0.15) is 10.2 Å². The fraction of sp³-hybridized carbons (Fsp3) is 0.269. The molecule has 188 valence electrons. The van der Waals surface area contributed by atoms with Gasteiger partial charge in [0.05, 0.1) is 30.5 Å². The molecule has 4 heterocycles. The standard InChI is InChI=1S/C26H24ClN7O3/c1-12-10-17-18(11-19(35-4)24(36-5)22(17)27)23-21(26-28-14(3)31-37-26)20(13(2)34(12)23)15-6-8-16(9-7-15)25-29-32-33-30-25/h6-9,11-12H,10H2,1-5H3,(H,29,30,32,33). The minimum absolute atomic E-state index is 0.119. The third kappa shape index (κ3) is 3.51. The van der Waals surface area contributed by atoms with Gasteiger partial charge in [0.2, 0.25) is 5.82 Å². The molecule has 10 nitrogen and oxygen atoms in total. The molecule has 11 heteroatoms. The van der Waals surface area contributed by atoms with Crippen molar-refractivity contribution in [2.45, 2.75) is 33.2 Å². The van der Waals surface area contributed by atoms with Crippen molar-refractivity contribution in [3.8, 4) is 56.7 Å². The fourth-order valence-electron chi connectivity index (χ4n) is 5.34. The second kappa shape index (κ2) is 8.74. The van der Waals surface area contributed by atoms with E-state index in [0.29, 0.717) is 34.1 Å². The molecule has 1 aliphatic rings. The number of ether oxygens (including phenoxy) is 2. The van der Waals surface area contributed by atoms with Crippen LogP contribution in [0.4, 0.5) is 0 Å². The highest BCUT2D eigenvalue weighted by atomic mass is 35.5. The molecule has 1 atom stereocenters. The van der Waals surface area contributed by atoms with E-state index in [9.17, 15) is 0 Å². The SMILES string of the molecule is COc1cc2c(c(Cl)c1OC)CC(C)n1c(C)c(-c3ccc(-c4nn[nH]n4)cc3)c(-c3nc(C)no3)c1-2. The van der Waals surface area contributed by atoms with Crippen molar-refractivity contribution in [1.29, 1.82) is 0 Å². The molecule has 3 aromatic heterocycles. The summed E-state index contributed by atoms with van der Waals surface area (Å²) in [6.45, 7) is 6.10. The number of aromatic amines is 1. The Hall–Kier alpha value is -4.18. The zero-order valence-electron chi connectivity index (χ0n) is 21.0. The molecule has 0 spiro atoms. The largest absolute Gasteiger partial charge is 0.493 e. The second-order valence-electron chi connectivity index (χ2n) is 9.02. The quantitative estimate of drug-likeness (QED) is 0.327. The number of H-pyrrole nitrogens is 1. The van der Waals surface area contributed by atoms with Crippen molar-refractivity contribution in [3.63, 3.8) is 0 Å². The summed E-state index contributed by atoms with van der Waals surface area (Å²) < 4.78 is 19.3. The number of aryl methyl sites for hydroxylation is 1. The summed E-state index contributed by atoms with van der Waals surface area (Å²) in [6.07, 6.45) is 0.732. The predicted octanol–water partition coefficient (Wildman–Crippen LogP) is 5.46. The van der Waals surface area contributed by atoms with Crippen molar-refractivity contribution >= 4 is 11.6 Å². The van der Waals surface area contributed by atoms with Crippen molar-refractivity contribution in [2.75, 3.05) is 14.2 Å². The van der Waals surface area contributed by atoms with Crippen LogP contribution in [-0.2, 0) is 6.42 Å². The summed E-state index contributed by atoms with van der Waals surface area (Å²) in [4.78, 5) is 4.63. The lowest BCUT2D eigenvalue weighted by Crippen LogP contribution is -2.18. The number of rotatable bonds is 5. The lowest BCUT2D eigenvalue weighted by molar-refractivity contribution is 0.354. The summed E-state index contributed by atoms with van der Waals surface area (Å²) in [5.74, 6) is 2.62. The molecule has 2 aromatic carbocycles. The van der Waals surface area contributed by atoms with Gasteiger partial charge in [-0.3, -0.25) is 0 Å². The first kappa shape index (κ1) is 23.2. The average Bonchev–Trinajstić information content (AvgIpc) is 3.64. The number of benzene rings is 2. The Bertz CT molecular complexity index is 1620. The Labute approximate surface area is 217 Å². The van der Waals surface area contributed by atoms with Gasteiger partial charge in [-0.1, -0.05) is 41.0 Å². The molecule has 0 saturated carbocycles. The van der Waals surface area contributed by atoms with Gasteiger partial charge < -0.3 is 18.6 Å². The molecule has 0 bridgehead atoms. The number of halogens is 1. The molecule has 1 N–H and O–H groups in total. The number of nitrogens with zero attached hydrogens (tertiary/aromatic N) is 6. The number of nitrogens with one attached hydrogen (secondary N) is 1.